The molecule has 114 valence electrons. The Bertz CT molecular complexity index is 427. The molecule has 0 aromatic carbocycles. The zero-order chi connectivity index (χ0) is 14.5. The number of nitrogens with zero attached hydrogens (tertiary/aromatic N) is 3. The van der Waals surface area contributed by atoms with Crippen molar-refractivity contribution >= 4 is 31.9 Å². The number of halogens is 2. The molecule has 0 bridgehead atoms. The van der Waals surface area contributed by atoms with Crippen LogP contribution in [0.3, 0.4) is 0 Å². The van der Waals surface area contributed by atoms with Crippen molar-refractivity contribution in [1.82, 2.24) is 14.7 Å². The Morgan fingerprint density at radius 2 is 2.10 bits per heavy atom. The predicted octanol–water partition coefficient (Wildman–Crippen LogP) is 4.37. The first-order valence-corrected chi connectivity index (χ1v) is 9.66. The van der Waals surface area contributed by atoms with Crippen LogP contribution < -0.4 is 0 Å². The van der Waals surface area contributed by atoms with Crippen molar-refractivity contribution in [3.05, 3.63) is 15.9 Å². The molecule has 0 spiro atoms. The second-order valence-corrected chi connectivity index (χ2v) is 7.06. The minimum atomic E-state index is 0.784. The number of aryl methyl sites for hydroxylation is 2. The normalized spacial score (nSPS) is 15.8. The van der Waals surface area contributed by atoms with E-state index < -0.39 is 0 Å². The molecular weight excluding hydrogens is 382 g/mol. The van der Waals surface area contributed by atoms with Gasteiger partial charge >= 0.3 is 0 Å². The number of hydrogen-bond donors (Lipinski definition) is 0. The molecule has 0 N–H and O–H groups in total. The fourth-order valence-electron chi connectivity index (χ4n) is 2.77. The van der Waals surface area contributed by atoms with Gasteiger partial charge in [-0.1, -0.05) is 29.3 Å². The van der Waals surface area contributed by atoms with Crippen LogP contribution in [0.4, 0.5) is 0 Å². The van der Waals surface area contributed by atoms with E-state index in [9.17, 15) is 0 Å². The molecule has 1 aromatic rings. The molecule has 1 aromatic heterocycles. The molecule has 2 rings (SSSR count). The van der Waals surface area contributed by atoms with Crippen LogP contribution in [0.2, 0.25) is 0 Å². The van der Waals surface area contributed by atoms with Crippen molar-refractivity contribution in [3.63, 3.8) is 0 Å². The summed E-state index contributed by atoms with van der Waals surface area (Å²) in [5.41, 5.74) is 2.54. The Morgan fingerprint density at radius 3 is 2.60 bits per heavy atom. The van der Waals surface area contributed by atoms with Crippen LogP contribution in [0.1, 0.15) is 50.9 Å². The molecule has 0 unspecified atom stereocenters. The number of rotatable bonds is 8. The van der Waals surface area contributed by atoms with Crippen LogP contribution in [0, 0.1) is 0 Å². The summed E-state index contributed by atoms with van der Waals surface area (Å²) in [7, 11) is 0. The summed E-state index contributed by atoms with van der Waals surface area (Å²) in [5, 5.41) is 5.81. The van der Waals surface area contributed by atoms with Crippen LogP contribution in [0.15, 0.2) is 4.47 Å². The predicted molar refractivity (Wildman–Crippen MR) is 91.4 cm³/mol. The quantitative estimate of drug-likeness (QED) is 0.597. The van der Waals surface area contributed by atoms with Gasteiger partial charge in [0.15, 0.2) is 0 Å². The van der Waals surface area contributed by atoms with Gasteiger partial charge in [-0.05, 0) is 55.1 Å². The Morgan fingerprint density at radius 1 is 1.35 bits per heavy atom. The van der Waals surface area contributed by atoms with Gasteiger partial charge in [-0.2, -0.15) is 5.10 Å². The van der Waals surface area contributed by atoms with Gasteiger partial charge in [-0.25, -0.2) is 0 Å². The third kappa shape index (κ3) is 3.66. The van der Waals surface area contributed by atoms with Gasteiger partial charge in [0.25, 0.3) is 0 Å². The summed E-state index contributed by atoms with van der Waals surface area (Å²) in [6.07, 6.45) is 6.33. The van der Waals surface area contributed by atoms with Crippen LogP contribution >= 0.6 is 31.9 Å². The summed E-state index contributed by atoms with van der Waals surface area (Å²) >= 11 is 7.33. The summed E-state index contributed by atoms with van der Waals surface area (Å²) in [6, 6.07) is 0.784. The van der Waals surface area contributed by atoms with Crippen molar-refractivity contribution in [3.8, 4) is 0 Å². The van der Waals surface area contributed by atoms with Crippen molar-refractivity contribution in [2.75, 3.05) is 11.9 Å². The first kappa shape index (κ1) is 16.5. The summed E-state index contributed by atoms with van der Waals surface area (Å²) in [5.74, 6) is 0. The van der Waals surface area contributed by atoms with E-state index in [4.69, 9.17) is 5.10 Å². The summed E-state index contributed by atoms with van der Waals surface area (Å²) < 4.78 is 3.40. The van der Waals surface area contributed by atoms with Crippen LogP contribution in [0.5, 0.6) is 0 Å². The summed E-state index contributed by atoms with van der Waals surface area (Å²) in [4.78, 5) is 2.65. The van der Waals surface area contributed by atoms with Crippen molar-refractivity contribution in [2.45, 2.75) is 65.1 Å². The zero-order valence-electron chi connectivity index (χ0n) is 12.5. The third-order valence-corrected chi connectivity index (χ3v) is 5.69. The Hall–Kier alpha value is 0.130. The molecule has 0 radical (unpaired) electrons. The molecule has 1 saturated carbocycles. The van der Waals surface area contributed by atoms with Gasteiger partial charge < -0.3 is 0 Å². The SMILES string of the molecule is CCc1nn(CC)c(CN(CCCBr)C2CCC2)c1Br. The first-order chi connectivity index (χ1) is 9.71. The maximum atomic E-state index is 4.72. The lowest BCUT2D eigenvalue weighted by Crippen LogP contribution is -2.40. The molecule has 1 heterocycles. The second kappa shape index (κ2) is 7.95. The fraction of sp³-hybridized carbons (Fsp3) is 0.800. The van der Waals surface area contributed by atoms with Gasteiger partial charge in [-0.3, -0.25) is 9.58 Å². The van der Waals surface area contributed by atoms with Gasteiger partial charge in [0.2, 0.25) is 0 Å². The molecule has 0 saturated heterocycles. The standard InChI is InChI=1S/C15H25Br2N3/c1-3-13-15(17)14(20(4-2)18-13)11-19(10-6-9-16)12-7-5-8-12/h12H,3-11H2,1-2H3. The highest BCUT2D eigenvalue weighted by Gasteiger charge is 2.26. The zero-order valence-corrected chi connectivity index (χ0v) is 15.7. The monoisotopic (exact) mass is 405 g/mol. The van der Waals surface area contributed by atoms with E-state index >= 15 is 0 Å². The lowest BCUT2D eigenvalue weighted by atomic mass is 9.91. The van der Waals surface area contributed by atoms with Gasteiger partial charge in [-0.15, -0.1) is 0 Å². The fourth-order valence-corrected chi connectivity index (χ4v) is 3.71. The van der Waals surface area contributed by atoms with E-state index in [2.05, 4.69) is 55.3 Å². The Labute approximate surface area is 139 Å². The van der Waals surface area contributed by atoms with E-state index in [1.165, 1.54) is 48.1 Å². The van der Waals surface area contributed by atoms with Gasteiger partial charge in [0.1, 0.15) is 0 Å². The van der Waals surface area contributed by atoms with Crippen molar-refractivity contribution < 1.29 is 0 Å². The van der Waals surface area contributed by atoms with Crippen molar-refractivity contribution in [1.29, 1.82) is 0 Å². The average molecular weight is 407 g/mol. The van der Waals surface area contributed by atoms with E-state index in [1.54, 1.807) is 0 Å². The molecule has 1 aliphatic rings. The van der Waals surface area contributed by atoms with Crippen LogP contribution in [-0.4, -0.2) is 32.6 Å². The highest BCUT2D eigenvalue weighted by Crippen LogP contribution is 2.29. The molecular formula is C15H25Br2N3. The smallest absolute Gasteiger partial charge is 0.0767 e. The number of aromatic nitrogens is 2. The minimum Gasteiger partial charge on any atom is -0.295 e. The largest absolute Gasteiger partial charge is 0.295 e. The van der Waals surface area contributed by atoms with Crippen LogP contribution in [0.25, 0.3) is 0 Å². The van der Waals surface area contributed by atoms with Gasteiger partial charge in [0, 0.05) is 24.5 Å². The van der Waals surface area contributed by atoms with E-state index in [-0.39, 0.29) is 0 Å². The molecule has 0 amide bonds. The average Bonchev–Trinajstić information content (AvgIpc) is 2.70. The van der Waals surface area contributed by atoms with Crippen LogP contribution in [-0.2, 0) is 19.5 Å². The highest BCUT2D eigenvalue weighted by atomic mass is 79.9. The third-order valence-electron chi connectivity index (χ3n) is 4.22. The molecule has 1 aliphatic carbocycles. The Kier molecular flexibility index (Phi) is 6.56. The molecule has 5 heteroatoms. The lowest BCUT2D eigenvalue weighted by molar-refractivity contribution is 0.116. The molecule has 20 heavy (non-hydrogen) atoms. The summed E-state index contributed by atoms with van der Waals surface area (Å²) in [6.45, 7) is 7.50. The van der Waals surface area contributed by atoms with E-state index in [1.807, 2.05) is 0 Å². The number of hydrogen-bond acceptors (Lipinski definition) is 2. The number of alkyl halides is 1. The Balaban J connectivity index is 2.14. The topological polar surface area (TPSA) is 21.1 Å². The lowest BCUT2D eigenvalue weighted by Gasteiger charge is -2.37. The van der Waals surface area contributed by atoms with E-state index in [0.717, 1.165) is 30.9 Å². The maximum absolute atomic E-state index is 4.72. The molecule has 0 atom stereocenters. The molecule has 1 fully saturated rings. The van der Waals surface area contributed by atoms with E-state index in [0.29, 0.717) is 0 Å². The minimum absolute atomic E-state index is 0.784. The second-order valence-electron chi connectivity index (χ2n) is 5.47. The highest BCUT2D eigenvalue weighted by molar-refractivity contribution is 9.10. The first-order valence-electron chi connectivity index (χ1n) is 7.75. The van der Waals surface area contributed by atoms with Crippen molar-refractivity contribution in [2.24, 2.45) is 0 Å². The maximum Gasteiger partial charge on any atom is 0.0767 e. The molecule has 3 nitrogen and oxygen atoms in total. The van der Waals surface area contributed by atoms with Gasteiger partial charge in [0.05, 0.1) is 15.9 Å². The molecule has 0 aliphatic heterocycles.